The third-order valence-corrected chi connectivity index (χ3v) is 4.55. The minimum absolute atomic E-state index is 0.0854. The number of halogens is 3. The van der Waals surface area contributed by atoms with Crippen molar-refractivity contribution < 1.29 is 9.13 Å². The van der Waals surface area contributed by atoms with Crippen LogP contribution in [0.5, 0.6) is 0 Å². The van der Waals surface area contributed by atoms with E-state index >= 15 is 0 Å². The van der Waals surface area contributed by atoms with Gasteiger partial charge in [0.05, 0.1) is 17.7 Å². The Kier molecular flexibility index (Phi) is 6.26. The molecular weight excluding hydrogens is 314 g/mol. The maximum Gasteiger partial charge on any atom is 0.142 e. The van der Waals surface area contributed by atoms with Crippen molar-refractivity contribution in [2.75, 3.05) is 32.8 Å². The average molecular weight is 335 g/mol. The highest BCUT2D eigenvalue weighted by atomic mass is 35.5. The summed E-state index contributed by atoms with van der Waals surface area (Å²) in [7, 11) is 0. The molecule has 21 heavy (non-hydrogen) atoms. The summed E-state index contributed by atoms with van der Waals surface area (Å²) in [5.74, 6) is -0.448. The van der Waals surface area contributed by atoms with Gasteiger partial charge in [0.15, 0.2) is 0 Å². The molecule has 1 heterocycles. The largest absolute Gasteiger partial charge is 0.374 e. The molecule has 3 nitrogen and oxygen atoms in total. The van der Waals surface area contributed by atoms with Crippen LogP contribution in [0.4, 0.5) is 4.39 Å². The first-order valence-corrected chi connectivity index (χ1v) is 7.99. The second-order valence-electron chi connectivity index (χ2n) is 5.27. The fraction of sp³-hybridized carbons (Fsp3) is 0.600. The summed E-state index contributed by atoms with van der Waals surface area (Å²) in [4.78, 5) is 2.35. The van der Waals surface area contributed by atoms with E-state index in [-0.39, 0.29) is 17.2 Å². The molecule has 0 radical (unpaired) electrons. The summed E-state index contributed by atoms with van der Waals surface area (Å²) in [6.45, 7) is 8.40. The van der Waals surface area contributed by atoms with Gasteiger partial charge < -0.3 is 10.1 Å². The van der Waals surface area contributed by atoms with Crippen molar-refractivity contribution >= 4 is 23.2 Å². The lowest BCUT2D eigenvalue weighted by Gasteiger charge is -2.33. The van der Waals surface area contributed by atoms with Crippen molar-refractivity contribution in [3.8, 4) is 0 Å². The number of hydrogen-bond donors (Lipinski definition) is 1. The number of likely N-dealkylation sites (N-methyl/N-ethyl adjacent to an activating group) is 1. The second-order valence-corrected chi connectivity index (χ2v) is 6.06. The molecule has 0 aromatic heterocycles. The Morgan fingerprint density at radius 1 is 1.48 bits per heavy atom. The fourth-order valence-corrected chi connectivity index (χ4v) is 3.24. The van der Waals surface area contributed by atoms with Crippen molar-refractivity contribution in [1.29, 1.82) is 0 Å². The first kappa shape index (κ1) is 17.0. The van der Waals surface area contributed by atoms with Crippen LogP contribution in [0.15, 0.2) is 12.1 Å². The van der Waals surface area contributed by atoms with E-state index in [4.69, 9.17) is 27.9 Å². The van der Waals surface area contributed by atoms with Gasteiger partial charge in [0.2, 0.25) is 0 Å². The number of nitrogens with one attached hydrogen (secondary N) is 1. The fourth-order valence-electron chi connectivity index (χ4n) is 2.54. The molecule has 0 saturated carbocycles. The van der Waals surface area contributed by atoms with Crippen LogP contribution in [-0.2, 0) is 4.74 Å². The predicted octanol–water partition coefficient (Wildman–Crippen LogP) is 3.50. The maximum absolute atomic E-state index is 13.6. The normalized spacial score (nSPS) is 21.5. The Morgan fingerprint density at radius 3 is 2.95 bits per heavy atom. The van der Waals surface area contributed by atoms with E-state index in [1.54, 1.807) is 0 Å². The van der Waals surface area contributed by atoms with Gasteiger partial charge in [-0.3, -0.25) is 4.90 Å². The molecular formula is C15H21Cl2FN2O. The average Bonchev–Trinajstić information content (AvgIpc) is 2.49. The summed E-state index contributed by atoms with van der Waals surface area (Å²) in [5.41, 5.74) is 0.599. The highest BCUT2D eigenvalue weighted by molar-refractivity contribution is 6.36. The first-order valence-electron chi connectivity index (χ1n) is 7.23. The van der Waals surface area contributed by atoms with Gasteiger partial charge >= 0.3 is 0 Å². The Morgan fingerprint density at radius 2 is 2.24 bits per heavy atom. The predicted molar refractivity (Wildman–Crippen MR) is 84.7 cm³/mol. The molecule has 6 heteroatoms. The van der Waals surface area contributed by atoms with Crippen LogP contribution in [0.2, 0.25) is 10.0 Å². The molecule has 2 rings (SSSR count). The van der Waals surface area contributed by atoms with E-state index in [0.29, 0.717) is 17.1 Å². The molecule has 1 N–H and O–H groups in total. The standard InChI is InChI=1S/C15H21Cl2FN2O/c1-3-20-6-7-21-11(9-20)8-19-10(2)14-12(16)4-5-13(18)15(14)17/h4-5,10-11,19H,3,6-9H2,1-2H3. The summed E-state index contributed by atoms with van der Waals surface area (Å²) < 4.78 is 19.3. The van der Waals surface area contributed by atoms with Gasteiger partial charge in [0, 0.05) is 36.3 Å². The zero-order chi connectivity index (χ0) is 15.4. The second kappa shape index (κ2) is 7.75. The van der Waals surface area contributed by atoms with Gasteiger partial charge in [-0.15, -0.1) is 0 Å². The van der Waals surface area contributed by atoms with Crippen LogP contribution in [0.1, 0.15) is 25.5 Å². The third kappa shape index (κ3) is 4.30. The minimum atomic E-state index is -0.448. The lowest BCUT2D eigenvalue weighted by atomic mass is 10.1. The van der Waals surface area contributed by atoms with Crippen LogP contribution in [0.3, 0.4) is 0 Å². The number of rotatable bonds is 5. The smallest absolute Gasteiger partial charge is 0.142 e. The topological polar surface area (TPSA) is 24.5 Å². The number of ether oxygens (including phenoxy) is 1. The Labute approximate surface area is 135 Å². The summed E-state index contributed by atoms with van der Waals surface area (Å²) in [6, 6.07) is 2.68. The molecule has 0 aliphatic carbocycles. The van der Waals surface area contributed by atoms with Crippen LogP contribution in [-0.4, -0.2) is 43.8 Å². The van der Waals surface area contributed by atoms with E-state index in [2.05, 4.69) is 17.1 Å². The SMILES string of the molecule is CCN1CCOC(CNC(C)c2c(Cl)ccc(F)c2Cl)C1. The van der Waals surface area contributed by atoms with Crippen LogP contribution in [0.25, 0.3) is 0 Å². The number of nitrogens with zero attached hydrogens (tertiary/aromatic N) is 1. The molecule has 1 fully saturated rings. The summed E-state index contributed by atoms with van der Waals surface area (Å²) in [6.07, 6.45) is 0.132. The molecule has 1 saturated heterocycles. The van der Waals surface area contributed by atoms with E-state index in [0.717, 1.165) is 26.2 Å². The number of hydrogen-bond acceptors (Lipinski definition) is 3. The molecule has 0 bridgehead atoms. The quantitative estimate of drug-likeness (QED) is 0.834. The molecule has 1 aliphatic rings. The number of benzene rings is 1. The van der Waals surface area contributed by atoms with Gasteiger partial charge in [-0.1, -0.05) is 30.1 Å². The Hall–Kier alpha value is -0.390. The molecule has 2 atom stereocenters. The molecule has 1 aromatic carbocycles. The van der Waals surface area contributed by atoms with E-state index < -0.39 is 5.82 Å². The number of morpholine rings is 1. The highest BCUT2D eigenvalue weighted by Gasteiger charge is 2.22. The lowest BCUT2D eigenvalue weighted by Crippen LogP contribution is -2.46. The van der Waals surface area contributed by atoms with Gasteiger partial charge in [-0.2, -0.15) is 0 Å². The zero-order valence-corrected chi connectivity index (χ0v) is 13.8. The first-order chi connectivity index (χ1) is 10.0. The van der Waals surface area contributed by atoms with Crippen LogP contribution < -0.4 is 5.32 Å². The van der Waals surface area contributed by atoms with Gasteiger partial charge in [-0.25, -0.2) is 4.39 Å². The third-order valence-electron chi connectivity index (χ3n) is 3.83. The van der Waals surface area contributed by atoms with E-state index in [9.17, 15) is 4.39 Å². The molecule has 118 valence electrons. The molecule has 1 aromatic rings. The molecule has 0 spiro atoms. The van der Waals surface area contributed by atoms with Gasteiger partial charge in [0.1, 0.15) is 5.82 Å². The van der Waals surface area contributed by atoms with Crippen molar-refractivity contribution in [1.82, 2.24) is 10.2 Å². The summed E-state index contributed by atoms with van der Waals surface area (Å²) in [5, 5.41) is 3.89. The van der Waals surface area contributed by atoms with Crippen LogP contribution in [0, 0.1) is 5.82 Å². The lowest BCUT2D eigenvalue weighted by molar-refractivity contribution is -0.0262. The van der Waals surface area contributed by atoms with E-state index in [1.165, 1.54) is 12.1 Å². The van der Waals surface area contributed by atoms with Crippen LogP contribution >= 0.6 is 23.2 Å². The maximum atomic E-state index is 13.6. The zero-order valence-electron chi connectivity index (χ0n) is 12.3. The van der Waals surface area contributed by atoms with Gasteiger partial charge in [0.25, 0.3) is 0 Å². The minimum Gasteiger partial charge on any atom is -0.374 e. The molecule has 1 aliphatic heterocycles. The highest BCUT2D eigenvalue weighted by Crippen LogP contribution is 2.32. The molecule has 2 unspecified atom stereocenters. The van der Waals surface area contributed by atoms with Crippen molar-refractivity contribution in [2.24, 2.45) is 0 Å². The van der Waals surface area contributed by atoms with Crippen molar-refractivity contribution in [3.05, 3.63) is 33.6 Å². The van der Waals surface area contributed by atoms with E-state index in [1.807, 2.05) is 6.92 Å². The molecule has 0 amide bonds. The Balaban J connectivity index is 1.96. The van der Waals surface area contributed by atoms with Crippen molar-refractivity contribution in [3.63, 3.8) is 0 Å². The monoisotopic (exact) mass is 334 g/mol. The summed E-state index contributed by atoms with van der Waals surface area (Å²) >= 11 is 12.2. The van der Waals surface area contributed by atoms with Crippen molar-refractivity contribution in [2.45, 2.75) is 26.0 Å². The van der Waals surface area contributed by atoms with Gasteiger partial charge in [-0.05, 0) is 25.6 Å². The Bertz CT molecular complexity index is 487.